The van der Waals surface area contributed by atoms with Crippen LogP contribution in [0.1, 0.15) is 42.0 Å². The average Bonchev–Trinajstić information content (AvgIpc) is 3.51. The van der Waals surface area contributed by atoms with Crippen LogP contribution >= 0.6 is 23.1 Å². The van der Waals surface area contributed by atoms with E-state index < -0.39 is 0 Å². The van der Waals surface area contributed by atoms with E-state index >= 15 is 0 Å². The van der Waals surface area contributed by atoms with Gasteiger partial charge in [0.25, 0.3) is 5.56 Å². The highest BCUT2D eigenvalue weighted by atomic mass is 32.2. The van der Waals surface area contributed by atoms with E-state index in [-0.39, 0.29) is 23.3 Å². The first-order chi connectivity index (χ1) is 16.6. The largest absolute Gasteiger partial charge is 0.495 e. The van der Waals surface area contributed by atoms with E-state index in [2.05, 4.69) is 5.32 Å². The average molecular weight is 496 g/mol. The summed E-state index contributed by atoms with van der Waals surface area (Å²) in [4.78, 5) is 33.5. The van der Waals surface area contributed by atoms with E-state index in [4.69, 9.17) is 14.1 Å². The maximum atomic E-state index is 13.9. The van der Waals surface area contributed by atoms with Crippen LogP contribution in [0.25, 0.3) is 15.9 Å². The summed E-state index contributed by atoms with van der Waals surface area (Å²) in [6.45, 7) is 1.87. The van der Waals surface area contributed by atoms with Gasteiger partial charge in [0.15, 0.2) is 5.16 Å². The molecule has 9 heteroatoms. The van der Waals surface area contributed by atoms with Crippen molar-refractivity contribution in [2.75, 3.05) is 12.9 Å². The molecule has 5 rings (SSSR count). The van der Waals surface area contributed by atoms with Crippen molar-refractivity contribution in [3.05, 3.63) is 69.2 Å². The molecule has 3 aromatic heterocycles. The fraction of sp³-hybridized carbons (Fsp3) is 0.320. The smallest absolute Gasteiger partial charge is 0.267 e. The molecule has 0 fully saturated rings. The van der Waals surface area contributed by atoms with E-state index in [0.29, 0.717) is 27.7 Å². The minimum absolute atomic E-state index is 0.110. The zero-order chi connectivity index (χ0) is 23.7. The summed E-state index contributed by atoms with van der Waals surface area (Å²) in [7, 11) is 1.58. The van der Waals surface area contributed by atoms with Gasteiger partial charge in [-0.15, -0.1) is 11.3 Å². The first-order valence-electron chi connectivity index (χ1n) is 11.2. The molecule has 1 N–H and O–H groups in total. The number of para-hydroxylation sites is 2. The van der Waals surface area contributed by atoms with Gasteiger partial charge in [-0.05, 0) is 62.4 Å². The third-order valence-corrected chi connectivity index (χ3v) is 8.09. The van der Waals surface area contributed by atoms with Crippen LogP contribution in [-0.4, -0.2) is 28.3 Å². The molecular formula is C25H25N3O4S2. The van der Waals surface area contributed by atoms with Gasteiger partial charge < -0.3 is 14.5 Å². The summed E-state index contributed by atoms with van der Waals surface area (Å²) < 4.78 is 12.5. The molecule has 1 unspecified atom stereocenters. The number of rotatable bonds is 7. The zero-order valence-corrected chi connectivity index (χ0v) is 20.6. The van der Waals surface area contributed by atoms with Crippen LogP contribution < -0.4 is 15.6 Å². The fourth-order valence-corrected chi connectivity index (χ4v) is 6.45. The van der Waals surface area contributed by atoms with Crippen molar-refractivity contribution in [3.63, 3.8) is 0 Å². The van der Waals surface area contributed by atoms with Crippen LogP contribution in [0.2, 0.25) is 0 Å². The SMILES string of the molecule is COc1ccccc1-n1c(SCC(=O)NC(C)c2ccco2)nc2sc3c(c2c1=O)CCCC3. The van der Waals surface area contributed by atoms with Gasteiger partial charge in [0.05, 0.1) is 36.2 Å². The number of methoxy groups -OCH3 is 1. The Hall–Kier alpha value is -3.04. The second kappa shape index (κ2) is 9.68. The van der Waals surface area contributed by atoms with E-state index in [9.17, 15) is 9.59 Å². The molecule has 1 amide bonds. The summed E-state index contributed by atoms with van der Waals surface area (Å²) >= 11 is 2.85. The standard InChI is InChI=1S/C25H25N3O4S2/c1-15(18-11-7-13-32-18)26-21(29)14-33-25-27-23-22(16-8-3-6-12-20(16)34-23)24(30)28(25)17-9-4-5-10-19(17)31-2/h4-5,7,9-11,13,15H,3,6,8,12,14H2,1-2H3,(H,26,29). The van der Waals surface area contributed by atoms with E-state index in [1.807, 2.05) is 37.3 Å². The van der Waals surface area contributed by atoms with Crippen molar-refractivity contribution in [1.82, 2.24) is 14.9 Å². The van der Waals surface area contributed by atoms with Gasteiger partial charge in [-0.25, -0.2) is 4.98 Å². The third-order valence-electron chi connectivity index (χ3n) is 5.96. The number of amides is 1. The van der Waals surface area contributed by atoms with Crippen molar-refractivity contribution in [2.24, 2.45) is 0 Å². The normalized spacial score (nSPS) is 14.1. The number of ether oxygens (including phenoxy) is 1. The number of carbonyl (C=O) groups excluding carboxylic acids is 1. The Morgan fingerprint density at radius 3 is 2.88 bits per heavy atom. The first kappa shape index (κ1) is 22.7. The monoisotopic (exact) mass is 495 g/mol. The fourth-order valence-electron chi connectivity index (χ4n) is 4.33. The Morgan fingerprint density at radius 1 is 1.26 bits per heavy atom. The van der Waals surface area contributed by atoms with Crippen LogP contribution in [-0.2, 0) is 17.6 Å². The van der Waals surface area contributed by atoms with Crippen molar-refractivity contribution >= 4 is 39.2 Å². The summed E-state index contributed by atoms with van der Waals surface area (Å²) in [6.07, 6.45) is 5.68. The van der Waals surface area contributed by atoms with Gasteiger partial charge in [-0.1, -0.05) is 23.9 Å². The van der Waals surface area contributed by atoms with E-state index in [1.165, 1.54) is 16.6 Å². The van der Waals surface area contributed by atoms with Crippen LogP contribution in [0.3, 0.4) is 0 Å². The summed E-state index contributed by atoms with van der Waals surface area (Å²) in [5, 5.41) is 4.11. The number of nitrogens with zero attached hydrogens (tertiary/aromatic N) is 2. The summed E-state index contributed by atoms with van der Waals surface area (Å²) in [6, 6.07) is 10.8. The molecule has 0 saturated heterocycles. The number of thioether (sulfide) groups is 1. The highest BCUT2D eigenvalue weighted by molar-refractivity contribution is 7.99. The summed E-state index contributed by atoms with van der Waals surface area (Å²) in [5.74, 6) is 1.21. The molecular weight excluding hydrogens is 470 g/mol. The minimum Gasteiger partial charge on any atom is -0.495 e. The molecule has 176 valence electrons. The Labute approximate surface area is 205 Å². The third kappa shape index (κ3) is 4.25. The van der Waals surface area contributed by atoms with Gasteiger partial charge in [0, 0.05) is 4.88 Å². The van der Waals surface area contributed by atoms with E-state index in [1.54, 1.807) is 35.3 Å². The van der Waals surface area contributed by atoms with E-state index in [0.717, 1.165) is 36.1 Å². The topological polar surface area (TPSA) is 86.4 Å². The summed E-state index contributed by atoms with van der Waals surface area (Å²) in [5.41, 5.74) is 1.64. The van der Waals surface area contributed by atoms with Crippen molar-refractivity contribution in [3.8, 4) is 11.4 Å². The molecule has 1 atom stereocenters. The van der Waals surface area contributed by atoms with Crippen molar-refractivity contribution in [1.29, 1.82) is 0 Å². The number of furan rings is 1. The Kier molecular flexibility index (Phi) is 6.47. The second-order valence-corrected chi connectivity index (χ2v) is 10.2. The number of aryl methyl sites for hydroxylation is 2. The molecule has 1 aliphatic rings. The highest BCUT2D eigenvalue weighted by Crippen LogP contribution is 2.36. The quantitative estimate of drug-likeness (QED) is 0.290. The predicted octanol–water partition coefficient (Wildman–Crippen LogP) is 4.90. The predicted molar refractivity (Wildman–Crippen MR) is 134 cm³/mol. The lowest BCUT2D eigenvalue weighted by atomic mass is 9.97. The van der Waals surface area contributed by atoms with Crippen LogP contribution in [0.4, 0.5) is 0 Å². The number of benzene rings is 1. The lowest BCUT2D eigenvalue weighted by Gasteiger charge is -2.16. The molecule has 0 aliphatic heterocycles. The molecule has 1 aromatic carbocycles. The van der Waals surface area contributed by atoms with Crippen molar-refractivity contribution in [2.45, 2.75) is 43.8 Å². The Morgan fingerprint density at radius 2 is 2.09 bits per heavy atom. The van der Waals surface area contributed by atoms with Crippen LogP contribution in [0.15, 0.2) is 57.0 Å². The minimum atomic E-state index is -0.251. The number of carbonyl (C=O) groups is 1. The molecule has 34 heavy (non-hydrogen) atoms. The number of fused-ring (bicyclic) bond motifs is 3. The molecule has 1 aliphatic carbocycles. The number of nitrogens with one attached hydrogen (secondary N) is 1. The first-order valence-corrected chi connectivity index (χ1v) is 13.0. The molecule has 4 aromatic rings. The van der Waals surface area contributed by atoms with Gasteiger partial charge >= 0.3 is 0 Å². The van der Waals surface area contributed by atoms with Crippen LogP contribution in [0, 0.1) is 0 Å². The highest BCUT2D eigenvalue weighted by Gasteiger charge is 2.24. The second-order valence-electron chi connectivity index (χ2n) is 8.19. The van der Waals surface area contributed by atoms with Gasteiger partial charge in [0.1, 0.15) is 16.3 Å². The molecule has 0 saturated carbocycles. The molecule has 7 nitrogen and oxygen atoms in total. The molecule has 0 radical (unpaired) electrons. The number of aromatic nitrogens is 2. The lowest BCUT2D eigenvalue weighted by molar-refractivity contribution is -0.119. The maximum Gasteiger partial charge on any atom is 0.267 e. The molecule has 3 heterocycles. The Balaban J connectivity index is 1.53. The maximum absolute atomic E-state index is 13.9. The van der Waals surface area contributed by atoms with Gasteiger partial charge in [-0.3, -0.25) is 14.2 Å². The number of thiophene rings is 1. The van der Waals surface area contributed by atoms with Gasteiger partial charge in [0.2, 0.25) is 5.91 Å². The number of hydrogen-bond donors (Lipinski definition) is 1. The number of hydrogen-bond acceptors (Lipinski definition) is 7. The van der Waals surface area contributed by atoms with Gasteiger partial charge in [-0.2, -0.15) is 0 Å². The molecule has 0 bridgehead atoms. The zero-order valence-electron chi connectivity index (χ0n) is 19.0. The molecule has 0 spiro atoms. The van der Waals surface area contributed by atoms with Crippen LogP contribution in [0.5, 0.6) is 5.75 Å². The Bertz CT molecular complexity index is 1390. The van der Waals surface area contributed by atoms with Crippen molar-refractivity contribution < 1.29 is 13.9 Å². The lowest BCUT2D eigenvalue weighted by Crippen LogP contribution is -2.28.